The number of carbonyl (C=O) groups excluding carboxylic acids is 1. The van der Waals surface area contributed by atoms with Crippen LogP contribution in [0.2, 0.25) is 0 Å². The summed E-state index contributed by atoms with van der Waals surface area (Å²) in [6, 6.07) is 6.82. The van der Waals surface area contributed by atoms with Crippen LogP contribution in [0.1, 0.15) is 30.9 Å². The Labute approximate surface area is 114 Å². The van der Waals surface area contributed by atoms with Gasteiger partial charge in [0.1, 0.15) is 5.75 Å². The monoisotopic (exact) mass is 262 g/mol. The number of hydrogen-bond donors (Lipinski definition) is 2. The molecule has 0 saturated carbocycles. The van der Waals surface area contributed by atoms with Gasteiger partial charge in [0.25, 0.3) is 0 Å². The van der Waals surface area contributed by atoms with E-state index in [-0.39, 0.29) is 11.9 Å². The van der Waals surface area contributed by atoms with Gasteiger partial charge < -0.3 is 15.8 Å². The number of primary amides is 1. The summed E-state index contributed by atoms with van der Waals surface area (Å²) in [5.74, 6) is 0.655. The van der Waals surface area contributed by atoms with Gasteiger partial charge in [0, 0.05) is 18.5 Å². The molecule has 0 aliphatic heterocycles. The quantitative estimate of drug-likeness (QED) is 0.843. The van der Waals surface area contributed by atoms with Crippen LogP contribution in [0.4, 0.5) is 0 Å². The smallest absolute Gasteiger partial charge is 0.218 e. The molecule has 3 N–H and O–H groups in total. The number of rotatable bonds is 5. The van der Waals surface area contributed by atoms with Crippen molar-refractivity contribution in [1.82, 2.24) is 5.32 Å². The molecule has 1 amide bonds. The van der Waals surface area contributed by atoms with Crippen LogP contribution in [0.25, 0.3) is 0 Å². The van der Waals surface area contributed by atoms with Crippen LogP contribution in [0.3, 0.4) is 0 Å². The number of nitrogens with two attached hydrogens (primary N) is 1. The lowest BCUT2D eigenvalue weighted by atomic mass is 9.87. The molecule has 4 heteroatoms. The normalized spacial score (nSPS) is 19.6. The summed E-state index contributed by atoms with van der Waals surface area (Å²) in [5.41, 5.74) is 7.96. The molecule has 2 unspecified atom stereocenters. The summed E-state index contributed by atoms with van der Waals surface area (Å²) in [5, 5.41) is 3.49. The molecule has 1 aromatic rings. The fourth-order valence-electron chi connectivity index (χ4n) is 2.77. The maximum atomic E-state index is 10.9. The van der Waals surface area contributed by atoms with Crippen LogP contribution in [-0.4, -0.2) is 25.1 Å². The molecule has 2 atom stereocenters. The van der Waals surface area contributed by atoms with Crippen molar-refractivity contribution in [2.45, 2.75) is 44.7 Å². The van der Waals surface area contributed by atoms with Crippen LogP contribution < -0.4 is 15.8 Å². The highest BCUT2D eigenvalue weighted by atomic mass is 16.5. The minimum Gasteiger partial charge on any atom is -0.497 e. The van der Waals surface area contributed by atoms with Crippen molar-refractivity contribution in [3.63, 3.8) is 0 Å². The van der Waals surface area contributed by atoms with Crippen molar-refractivity contribution in [2.24, 2.45) is 5.73 Å². The van der Waals surface area contributed by atoms with Gasteiger partial charge in [0.15, 0.2) is 0 Å². The number of methoxy groups -OCH3 is 1. The molecule has 0 spiro atoms. The number of hydrogen-bond acceptors (Lipinski definition) is 3. The van der Waals surface area contributed by atoms with Crippen molar-refractivity contribution < 1.29 is 9.53 Å². The summed E-state index contributed by atoms with van der Waals surface area (Å²) in [6.45, 7) is 2.01. The molecule has 0 radical (unpaired) electrons. The van der Waals surface area contributed by atoms with Crippen LogP contribution in [-0.2, 0) is 17.6 Å². The van der Waals surface area contributed by atoms with Gasteiger partial charge in [-0.25, -0.2) is 0 Å². The fraction of sp³-hybridized carbons (Fsp3) is 0.533. The number of aryl methyl sites for hydroxylation is 1. The first-order valence-electron chi connectivity index (χ1n) is 6.78. The average Bonchev–Trinajstić information content (AvgIpc) is 2.36. The Morgan fingerprint density at radius 2 is 2.32 bits per heavy atom. The molecule has 1 aromatic carbocycles. The standard InChI is InChI=1S/C15H22N2O2/c1-10(7-15(16)18)17-13-5-3-11-4-6-14(19-2)9-12(11)8-13/h4,6,9-10,13,17H,3,5,7-8H2,1-2H3,(H2,16,18). The molecule has 1 aliphatic carbocycles. The Morgan fingerprint density at radius 3 is 3.00 bits per heavy atom. The van der Waals surface area contributed by atoms with Gasteiger partial charge >= 0.3 is 0 Å². The SMILES string of the molecule is COc1ccc2c(c1)CC(NC(C)CC(N)=O)CC2. The number of ether oxygens (including phenoxy) is 1. The van der Waals surface area contributed by atoms with E-state index in [0.717, 1.165) is 25.0 Å². The predicted octanol–water partition coefficient (Wildman–Crippen LogP) is 1.41. The zero-order valence-electron chi connectivity index (χ0n) is 11.6. The summed E-state index contributed by atoms with van der Waals surface area (Å²) < 4.78 is 5.27. The largest absolute Gasteiger partial charge is 0.497 e. The zero-order valence-corrected chi connectivity index (χ0v) is 11.6. The van der Waals surface area contributed by atoms with Crippen molar-refractivity contribution in [2.75, 3.05) is 7.11 Å². The Kier molecular flexibility index (Phi) is 4.43. The zero-order chi connectivity index (χ0) is 13.8. The molecule has 2 rings (SSSR count). The first-order valence-corrected chi connectivity index (χ1v) is 6.78. The minimum absolute atomic E-state index is 0.134. The molecule has 0 aromatic heterocycles. The minimum atomic E-state index is -0.252. The van der Waals surface area contributed by atoms with E-state index in [4.69, 9.17) is 10.5 Å². The molecule has 0 saturated heterocycles. The summed E-state index contributed by atoms with van der Waals surface area (Å²) in [4.78, 5) is 10.9. The van der Waals surface area contributed by atoms with Crippen molar-refractivity contribution in [3.05, 3.63) is 29.3 Å². The van der Waals surface area contributed by atoms with Crippen molar-refractivity contribution >= 4 is 5.91 Å². The number of benzene rings is 1. The molecule has 1 aliphatic rings. The summed E-state index contributed by atoms with van der Waals surface area (Å²) >= 11 is 0. The number of amides is 1. The Balaban J connectivity index is 1.98. The summed E-state index contributed by atoms with van der Waals surface area (Å²) in [7, 11) is 1.69. The second-order valence-electron chi connectivity index (χ2n) is 5.31. The molecular weight excluding hydrogens is 240 g/mol. The highest BCUT2D eigenvalue weighted by Crippen LogP contribution is 2.25. The van der Waals surface area contributed by atoms with E-state index in [0.29, 0.717) is 12.5 Å². The lowest BCUT2D eigenvalue weighted by Gasteiger charge is -2.28. The average molecular weight is 262 g/mol. The Morgan fingerprint density at radius 1 is 1.53 bits per heavy atom. The van der Waals surface area contributed by atoms with Gasteiger partial charge in [0.2, 0.25) is 5.91 Å². The second kappa shape index (κ2) is 6.06. The van der Waals surface area contributed by atoms with E-state index >= 15 is 0 Å². The topological polar surface area (TPSA) is 64.3 Å². The van der Waals surface area contributed by atoms with Crippen molar-refractivity contribution in [3.8, 4) is 5.75 Å². The van der Waals surface area contributed by atoms with E-state index in [1.54, 1.807) is 7.11 Å². The third-order valence-electron chi connectivity index (χ3n) is 3.67. The van der Waals surface area contributed by atoms with Crippen LogP contribution in [0.5, 0.6) is 5.75 Å². The van der Waals surface area contributed by atoms with Crippen LogP contribution in [0.15, 0.2) is 18.2 Å². The van der Waals surface area contributed by atoms with E-state index in [1.807, 2.05) is 13.0 Å². The first-order chi connectivity index (χ1) is 9.08. The maximum Gasteiger partial charge on any atom is 0.218 e. The molecule has 19 heavy (non-hydrogen) atoms. The van der Waals surface area contributed by atoms with Crippen LogP contribution in [0, 0.1) is 0 Å². The highest BCUT2D eigenvalue weighted by molar-refractivity contribution is 5.74. The summed E-state index contributed by atoms with van der Waals surface area (Å²) in [6.07, 6.45) is 3.54. The number of nitrogens with one attached hydrogen (secondary N) is 1. The molecule has 4 nitrogen and oxygen atoms in total. The predicted molar refractivity (Wildman–Crippen MR) is 75.2 cm³/mol. The molecule has 104 valence electrons. The number of carbonyl (C=O) groups is 1. The van der Waals surface area contributed by atoms with Gasteiger partial charge in [-0.1, -0.05) is 6.07 Å². The lowest BCUT2D eigenvalue weighted by Crippen LogP contribution is -2.41. The Hall–Kier alpha value is -1.55. The molecular formula is C15H22N2O2. The van der Waals surface area contributed by atoms with E-state index in [1.165, 1.54) is 11.1 Å². The van der Waals surface area contributed by atoms with Gasteiger partial charge in [0.05, 0.1) is 7.11 Å². The molecule has 0 heterocycles. The molecule has 0 bridgehead atoms. The number of fused-ring (bicyclic) bond motifs is 1. The third kappa shape index (κ3) is 3.70. The van der Waals surface area contributed by atoms with E-state index < -0.39 is 0 Å². The van der Waals surface area contributed by atoms with Gasteiger partial charge in [-0.15, -0.1) is 0 Å². The van der Waals surface area contributed by atoms with E-state index in [2.05, 4.69) is 17.4 Å². The fourth-order valence-corrected chi connectivity index (χ4v) is 2.77. The lowest BCUT2D eigenvalue weighted by molar-refractivity contribution is -0.118. The highest BCUT2D eigenvalue weighted by Gasteiger charge is 2.20. The van der Waals surface area contributed by atoms with Crippen molar-refractivity contribution in [1.29, 1.82) is 0 Å². The van der Waals surface area contributed by atoms with Gasteiger partial charge in [-0.3, -0.25) is 4.79 Å². The third-order valence-corrected chi connectivity index (χ3v) is 3.67. The van der Waals surface area contributed by atoms with Gasteiger partial charge in [-0.2, -0.15) is 0 Å². The molecule has 0 fully saturated rings. The van der Waals surface area contributed by atoms with Gasteiger partial charge in [-0.05, 0) is 49.4 Å². The van der Waals surface area contributed by atoms with E-state index in [9.17, 15) is 4.79 Å². The van der Waals surface area contributed by atoms with Crippen LogP contribution >= 0.6 is 0 Å². The second-order valence-corrected chi connectivity index (χ2v) is 5.31. The maximum absolute atomic E-state index is 10.9. The Bertz CT molecular complexity index is 459. The first kappa shape index (κ1) is 13.9.